The normalized spacial score (nSPS) is 31.4. The summed E-state index contributed by atoms with van der Waals surface area (Å²) >= 11 is 1.92. The summed E-state index contributed by atoms with van der Waals surface area (Å²) in [6, 6.07) is 1.23. The molecule has 0 bridgehead atoms. The van der Waals surface area contributed by atoms with E-state index in [1.165, 1.54) is 12.2 Å². The van der Waals surface area contributed by atoms with Crippen LogP contribution in [-0.2, 0) is 0 Å². The average Bonchev–Trinajstić information content (AvgIpc) is 2.31. The molecule has 10 heavy (non-hydrogen) atoms. The Kier molecular flexibility index (Phi) is 3.29. The Morgan fingerprint density at radius 3 is 2.80 bits per heavy atom. The third-order valence-electron chi connectivity index (χ3n) is 1.74. The van der Waals surface area contributed by atoms with Crippen LogP contribution >= 0.6 is 11.8 Å². The van der Waals surface area contributed by atoms with Gasteiger partial charge in [0.25, 0.3) is 0 Å². The van der Waals surface area contributed by atoms with Crippen LogP contribution in [-0.4, -0.2) is 24.1 Å². The van der Waals surface area contributed by atoms with Crippen molar-refractivity contribution in [3.05, 3.63) is 12.2 Å². The highest BCUT2D eigenvalue weighted by atomic mass is 32.2. The van der Waals surface area contributed by atoms with Gasteiger partial charge in [0, 0.05) is 12.1 Å². The SMILES string of the molecule is CSCCC1C=CC(C)N1. The molecule has 2 atom stereocenters. The van der Waals surface area contributed by atoms with Gasteiger partial charge in [0.1, 0.15) is 0 Å². The molecule has 1 aliphatic rings. The molecular weight excluding hydrogens is 142 g/mol. The molecule has 0 fully saturated rings. The number of hydrogen-bond donors (Lipinski definition) is 1. The summed E-state index contributed by atoms with van der Waals surface area (Å²) in [5.74, 6) is 1.26. The van der Waals surface area contributed by atoms with Crippen LogP contribution in [0.5, 0.6) is 0 Å². The second kappa shape index (κ2) is 4.04. The molecule has 0 saturated carbocycles. The highest BCUT2D eigenvalue weighted by Crippen LogP contribution is 2.08. The number of thioether (sulfide) groups is 1. The highest BCUT2D eigenvalue weighted by Gasteiger charge is 2.11. The largest absolute Gasteiger partial charge is 0.305 e. The summed E-state index contributed by atoms with van der Waals surface area (Å²) < 4.78 is 0. The minimum atomic E-state index is 0.590. The summed E-state index contributed by atoms with van der Waals surface area (Å²) in [4.78, 5) is 0. The van der Waals surface area contributed by atoms with Crippen LogP contribution in [0, 0.1) is 0 Å². The van der Waals surface area contributed by atoms with Crippen molar-refractivity contribution in [1.29, 1.82) is 0 Å². The van der Waals surface area contributed by atoms with Crippen LogP contribution in [0.2, 0.25) is 0 Å². The van der Waals surface area contributed by atoms with Gasteiger partial charge in [-0.15, -0.1) is 0 Å². The van der Waals surface area contributed by atoms with Gasteiger partial charge >= 0.3 is 0 Å². The fourth-order valence-electron chi connectivity index (χ4n) is 1.17. The molecule has 58 valence electrons. The molecule has 1 nitrogen and oxygen atoms in total. The maximum absolute atomic E-state index is 3.46. The van der Waals surface area contributed by atoms with Crippen LogP contribution in [0.25, 0.3) is 0 Å². The first kappa shape index (κ1) is 8.15. The minimum absolute atomic E-state index is 0.590. The highest BCUT2D eigenvalue weighted by molar-refractivity contribution is 7.98. The summed E-state index contributed by atoms with van der Waals surface area (Å²) in [5.41, 5.74) is 0. The molecule has 0 aromatic heterocycles. The second-order valence-corrected chi connectivity index (χ2v) is 3.71. The zero-order valence-corrected chi connectivity index (χ0v) is 7.45. The van der Waals surface area contributed by atoms with Gasteiger partial charge in [0.2, 0.25) is 0 Å². The molecule has 0 saturated heterocycles. The van der Waals surface area contributed by atoms with Crippen molar-refractivity contribution in [3.8, 4) is 0 Å². The number of hydrogen-bond acceptors (Lipinski definition) is 2. The van der Waals surface area contributed by atoms with Gasteiger partial charge in [-0.1, -0.05) is 12.2 Å². The summed E-state index contributed by atoms with van der Waals surface area (Å²) in [6.45, 7) is 2.19. The molecule has 0 spiro atoms. The first-order chi connectivity index (χ1) is 4.83. The lowest BCUT2D eigenvalue weighted by Gasteiger charge is -2.09. The molecule has 0 amide bonds. The van der Waals surface area contributed by atoms with E-state index >= 15 is 0 Å². The quantitative estimate of drug-likeness (QED) is 0.625. The smallest absolute Gasteiger partial charge is 0.0263 e. The molecule has 0 aromatic carbocycles. The van der Waals surface area contributed by atoms with Crippen molar-refractivity contribution in [2.75, 3.05) is 12.0 Å². The van der Waals surface area contributed by atoms with E-state index in [2.05, 4.69) is 30.6 Å². The molecule has 1 aliphatic heterocycles. The summed E-state index contributed by atoms with van der Waals surface area (Å²) in [6.07, 6.45) is 7.94. The number of rotatable bonds is 3. The Hall–Kier alpha value is 0.0500. The van der Waals surface area contributed by atoms with Gasteiger partial charge in [0.15, 0.2) is 0 Å². The van der Waals surface area contributed by atoms with Crippen molar-refractivity contribution < 1.29 is 0 Å². The molecule has 0 radical (unpaired) electrons. The third-order valence-corrected chi connectivity index (χ3v) is 2.39. The van der Waals surface area contributed by atoms with E-state index in [1.54, 1.807) is 0 Å². The predicted octanol–water partition coefficient (Wildman–Crippen LogP) is 1.66. The monoisotopic (exact) mass is 157 g/mol. The van der Waals surface area contributed by atoms with Gasteiger partial charge in [-0.2, -0.15) is 11.8 Å². The van der Waals surface area contributed by atoms with Crippen molar-refractivity contribution in [3.63, 3.8) is 0 Å². The van der Waals surface area contributed by atoms with Crippen molar-refractivity contribution >= 4 is 11.8 Å². The van der Waals surface area contributed by atoms with Gasteiger partial charge in [0.05, 0.1) is 0 Å². The second-order valence-electron chi connectivity index (χ2n) is 2.73. The molecule has 1 heterocycles. The van der Waals surface area contributed by atoms with E-state index in [0.717, 1.165) is 0 Å². The van der Waals surface area contributed by atoms with E-state index in [1.807, 2.05) is 11.8 Å². The van der Waals surface area contributed by atoms with Crippen molar-refractivity contribution in [2.24, 2.45) is 0 Å². The van der Waals surface area contributed by atoms with Gasteiger partial charge in [-0.25, -0.2) is 0 Å². The lowest BCUT2D eigenvalue weighted by atomic mass is 10.2. The maximum atomic E-state index is 3.46. The Morgan fingerprint density at radius 2 is 2.30 bits per heavy atom. The van der Waals surface area contributed by atoms with E-state index in [9.17, 15) is 0 Å². The van der Waals surface area contributed by atoms with E-state index in [0.29, 0.717) is 12.1 Å². The van der Waals surface area contributed by atoms with Crippen molar-refractivity contribution in [1.82, 2.24) is 5.32 Å². The molecule has 0 aromatic rings. The average molecular weight is 157 g/mol. The molecule has 1 rings (SSSR count). The molecule has 2 heteroatoms. The molecule has 2 unspecified atom stereocenters. The maximum Gasteiger partial charge on any atom is 0.0263 e. The lowest BCUT2D eigenvalue weighted by molar-refractivity contribution is 0.582. The van der Waals surface area contributed by atoms with Crippen LogP contribution in [0.1, 0.15) is 13.3 Å². The first-order valence-electron chi connectivity index (χ1n) is 3.76. The van der Waals surface area contributed by atoms with E-state index in [-0.39, 0.29) is 0 Å². The fourth-order valence-corrected chi connectivity index (χ4v) is 1.66. The van der Waals surface area contributed by atoms with Crippen LogP contribution in [0.4, 0.5) is 0 Å². The Balaban J connectivity index is 2.14. The topological polar surface area (TPSA) is 12.0 Å². The van der Waals surface area contributed by atoms with Crippen LogP contribution in [0.3, 0.4) is 0 Å². The standard InChI is InChI=1S/C8H15NS/c1-7-3-4-8(9-7)5-6-10-2/h3-4,7-9H,5-6H2,1-2H3. The first-order valence-corrected chi connectivity index (χ1v) is 5.15. The van der Waals surface area contributed by atoms with E-state index < -0.39 is 0 Å². The Morgan fingerprint density at radius 1 is 1.50 bits per heavy atom. The third kappa shape index (κ3) is 2.35. The van der Waals surface area contributed by atoms with Crippen molar-refractivity contribution in [2.45, 2.75) is 25.4 Å². The zero-order chi connectivity index (χ0) is 7.40. The Bertz CT molecular complexity index is 122. The van der Waals surface area contributed by atoms with Gasteiger partial charge in [-0.05, 0) is 25.4 Å². The molecule has 1 N–H and O–H groups in total. The van der Waals surface area contributed by atoms with E-state index in [4.69, 9.17) is 0 Å². The lowest BCUT2D eigenvalue weighted by Crippen LogP contribution is -2.28. The summed E-state index contributed by atoms with van der Waals surface area (Å²) in [7, 11) is 0. The molecular formula is C8H15NS. The summed E-state index contributed by atoms with van der Waals surface area (Å²) in [5, 5.41) is 3.46. The van der Waals surface area contributed by atoms with Crippen LogP contribution in [0.15, 0.2) is 12.2 Å². The number of nitrogens with one attached hydrogen (secondary N) is 1. The fraction of sp³-hybridized carbons (Fsp3) is 0.750. The van der Waals surface area contributed by atoms with Gasteiger partial charge < -0.3 is 5.32 Å². The van der Waals surface area contributed by atoms with Crippen LogP contribution < -0.4 is 5.32 Å². The van der Waals surface area contributed by atoms with Gasteiger partial charge in [-0.3, -0.25) is 0 Å². The minimum Gasteiger partial charge on any atom is -0.305 e. The Labute approximate surface area is 67.3 Å². The molecule has 0 aliphatic carbocycles. The zero-order valence-electron chi connectivity index (χ0n) is 6.63. The predicted molar refractivity (Wildman–Crippen MR) is 48.5 cm³/mol.